The van der Waals surface area contributed by atoms with Crippen molar-refractivity contribution >= 4 is 12.2 Å². The molecule has 6 nitrogen and oxygen atoms in total. The van der Waals surface area contributed by atoms with Crippen molar-refractivity contribution in [2.45, 2.75) is 19.8 Å². The molecule has 21 heavy (non-hydrogen) atoms. The molecule has 2 aromatic rings. The first-order chi connectivity index (χ1) is 10.2. The number of nitrogens with one attached hydrogen (secondary N) is 1. The number of hydrogen-bond acceptors (Lipinski definition) is 5. The molecular formula is C15H18N2O4. The SMILES string of the molecule is CCCCOc1cc(/C=C/c2n[nH]c(=O)o2)ccc1OC. The maximum atomic E-state index is 10.8. The Kier molecular flexibility index (Phi) is 5.20. The lowest BCUT2D eigenvalue weighted by Gasteiger charge is -2.10. The lowest BCUT2D eigenvalue weighted by atomic mass is 10.2. The van der Waals surface area contributed by atoms with Crippen molar-refractivity contribution in [2.24, 2.45) is 0 Å². The minimum absolute atomic E-state index is 0.226. The third kappa shape index (κ3) is 4.24. The van der Waals surface area contributed by atoms with Crippen LogP contribution in [0, 0.1) is 0 Å². The Morgan fingerprint density at radius 3 is 2.86 bits per heavy atom. The van der Waals surface area contributed by atoms with E-state index in [2.05, 4.69) is 17.1 Å². The second-order valence-corrected chi connectivity index (χ2v) is 4.40. The number of nitrogens with zero attached hydrogens (tertiary/aromatic N) is 1. The second kappa shape index (κ2) is 7.33. The van der Waals surface area contributed by atoms with E-state index in [4.69, 9.17) is 13.9 Å². The molecule has 1 N–H and O–H groups in total. The van der Waals surface area contributed by atoms with E-state index in [1.165, 1.54) is 0 Å². The number of rotatable bonds is 7. The zero-order chi connectivity index (χ0) is 15.1. The van der Waals surface area contributed by atoms with Gasteiger partial charge >= 0.3 is 5.76 Å². The van der Waals surface area contributed by atoms with Crippen molar-refractivity contribution in [2.75, 3.05) is 13.7 Å². The van der Waals surface area contributed by atoms with Crippen LogP contribution in [0.2, 0.25) is 0 Å². The third-order valence-electron chi connectivity index (χ3n) is 2.82. The molecule has 112 valence electrons. The molecule has 0 aliphatic rings. The molecule has 1 aromatic carbocycles. The molecule has 0 amide bonds. The summed E-state index contributed by atoms with van der Waals surface area (Å²) >= 11 is 0. The van der Waals surface area contributed by atoms with Gasteiger partial charge in [-0.3, -0.25) is 0 Å². The van der Waals surface area contributed by atoms with E-state index < -0.39 is 5.76 Å². The number of benzene rings is 1. The summed E-state index contributed by atoms with van der Waals surface area (Å²) in [5, 5.41) is 5.90. The predicted molar refractivity (Wildman–Crippen MR) is 79.4 cm³/mol. The summed E-state index contributed by atoms with van der Waals surface area (Å²) in [7, 11) is 1.61. The zero-order valence-corrected chi connectivity index (χ0v) is 12.1. The van der Waals surface area contributed by atoms with Crippen molar-refractivity contribution in [1.82, 2.24) is 10.2 Å². The summed E-state index contributed by atoms with van der Waals surface area (Å²) in [5.74, 6) is 1.03. The highest BCUT2D eigenvalue weighted by Crippen LogP contribution is 2.29. The Hall–Kier alpha value is -2.50. The molecule has 0 aliphatic heterocycles. The molecule has 2 rings (SSSR count). The van der Waals surface area contributed by atoms with Crippen LogP contribution in [0.1, 0.15) is 31.2 Å². The van der Waals surface area contributed by atoms with Gasteiger partial charge in [0.05, 0.1) is 13.7 Å². The summed E-state index contributed by atoms with van der Waals surface area (Å²) in [6.07, 6.45) is 5.45. The van der Waals surface area contributed by atoms with Crippen molar-refractivity contribution in [3.8, 4) is 11.5 Å². The first-order valence-corrected chi connectivity index (χ1v) is 6.77. The number of aromatic nitrogens is 2. The molecule has 0 saturated carbocycles. The number of hydrogen-bond donors (Lipinski definition) is 1. The molecule has 0 fully saturated rings. The number of unbranched alkanes of at least 4 members (excludes halogenated alkanes) is 1. The summed E-state index contributed by atoms with van der Waals surface area (Å²) in [5.41, 5.74) is 0.896. The zero-order valence-electron chi connectivity index (χ0n) is 12.1. The van der Waals surface area contributed by atoms with Gasteiger partial charge in [-0.1, -0.05) is 19.4 Å². The smallest absolute Gasteiger partial charge is 0.434 e. The Balaban J connectivity index is 2.14. The molecule has 0 unspecified atom stereocenters. The van der Waals surface area contributed by atoms with Crippen molar-refractivity contribution in [3.63, 3.8) is 0 Å². The fourth-order valence-corrected chi connectivity index (χ4v) is 1.72. The van der Waals surface area contributed by atoms with Gasteiger partial charge < -0.3 is 13.9 Å². The van der Waals surface area contributed by atoms with Gasteiger partial charge in [-0.05, 0) is 30.2 Å². The van der Waals surface area contributed by atoms with Crippen LogP contribution in [0.4, 0.5) is 0 Å². The van der Waals surface area contributed by atoms with Crippen LogP contribution in [0.3, 0.4) is 0 Å². The molecule has 0 spiro atoms. The Morgan fingerprint density at radius 1 is 1.33 bits per heavy atom. The monoisotopic (exact) mass is 290 g/mol. The van der Waals surface area contributed by atoms with Crippen LogP contribution in [0.15, 0.2) is 27.4 Å². The average molecular weight is 290 g/mol. The topological polar surface area (TPSA) is 77.4 Å². The van der Waals surface area contributed by atoms with Gasteiger partial charge in [0.15, 0.2) is 11.5 Å². The van der Waals surface area contributed by atoms with Crippen molar-refractivity contribution < 1.29 is 13.9 Å². The lowest BCUT2D eigenvalue weighted by molar-refractivity contribution is 0.288. The summed E-state index contributed by atoms with van der Waals surface area (Å²) in [4.78, 5) is 10.8. The van der Waals surface area contributed by atoms with E-state index in [0.717, 1.165) is 18.4 Å². The van der Waals surface area contributed by atoms with E-state index in [1.54, 1.807) is 19.3 Å². The predicted octanol–water partition coefficient (Wildman–Crippen LogP) is 2.72. The fraction of sp³-hybridized carbons (Fsp3) is 0.333. The highest BCUT2D eigenvalue weighted by Gasteiger charge is 2.05. The molecule has 1 aromatic heterocycles. The van der Waals surface area contributed by atoms with Gasteiger partial charge in [-0.25, -0.2) is 9.89 Å². The maximum absolute atomic E-state index is 10.8. The van der Waals surface area contributed by atoms with E-state index >= 15 is 0 Å². The van der Waals surface area contributed by atoms with Crippen LogP contribution in [-0.4, -0.2) is 23.9 Å². The maximum Gasteiger partial charge on any atom is 0.434 e. The molecule has 0 radical (unpaired) electrons. The van der Waals surface area contributed by atoms with E-state index in [0.29, 0.717) is 18.1 Å². The first-order valence-electron chi connectivity index (χ1n) is 6.77. The van der Waals surface area contributed by atoms with Crippen molar-refractivity contribution in [3.05, 3.63) is 40.2 Å². The van der Waals surface area contributed by atoms with Gasteiger partial charge in [0.25, 0.3) is 0 Å². The lowest BCUT2D eigenvalue weighted by Crippen LogP contribution is -1.99. The van der Waals surface area contributed by atoms with Gasteiger partial charge in [0, 0.05) is 6.08 Å². The largest absolute Gasteiger partial charge is 0.493 e. The standard InChI is InChI=1S/C15H18N2O4/c1-3-4-9-20-13-10-11(5-7-12(13)19-2)6-8-14-16-17-15(18)21-14/h5-8,10H,3-4,9H2,1-2H3,(H,17,18)/b8-6+. The highest BCUT2D eigenvalue weighted by atomic mass is 16.5. The van der Waals surface area contributed by atoms with Gasteiger partial charge in [0.2, 0.25) is 5.89 Å². The first kappa shape index (κ1) is 14.9. The molecule has 1 heterocycles. The normalized spacial score (nSPS) is 11.0. The summed E-state index contributed by atoms with van der Waals surface area (Å²) in [6.45, 7) is 2.76. The van der Waals surface area contributed by atoms with Crippen LogP contribution >= 0.6 is 0 Å². The minimum atomic E-state index is -0.576. The van der Waals surface area contributed by atoms with Crippen LogP contribution in [0.5, 0.6) is 11.5 Å². The number of aromatic amines is 1. The third-order valence-corrected chi connectivity index (χ3v) is 2.82. The van der Waals surface area contributed by atoms with Crippen LogP contribution in [-0.2, 0) is 0 Å². The summed E-state index contributed by atoms with van der Waals surface area (Å²) in [6, 6.07) is 5.59. The Bertz CT molecular complexity index is 658. The van der Waals surface area contributed by atoms with Crippen molar-refractivity contribution in [1.29, 1.82) is 0 Å². The summed E-state index contributed by atoms with van der Waals surface area (Å²) < 4.78 is 15.8. The van der Waals surface area contributed by atoms with Crippen LogP contribution < -0.4 is 15.2 Å². The minimum Gasteiger partial charge on any atom is -0.493 e. The number of methoxy groups -OCH3 is 1. The molecule has 0 saturated heterocycles. The fourth-order valence-electron chi connectivity index (χ4n) is 1.72. The second-order valence-electron chi connectivity index (χ2n) is 4.40. The van der Waals surface area contributed by atoms with Gasteiger partial charge in [0.1, 0.15) is 0 Å². The highest BCUT2D eigenvalue weighted by molar-refractivity contribution is 5.67. The van der Waals surface area contributed by atoms with E-state index in [9.17, 15) is 4.79 Å². The molecule has 0 bridgehead atoms. The van der Waals surface area contributed by atoms with Gasteiger partial charge in [-0.15, -0.1) is 5.10 Å². The molecular weight excluding hydrogens is 272 g/mol. The molecule has 0 aliphatic carbocycles. The van der Waals surface area contributed by atoms with Crippen LogP contribution in [0.25, 0.3) is 12.2 Å². The Morgan fingerprint density at radius 2 is 2.19 bits per heavy atom. The molecule has 0 atom stereocenters. The quantitative estimate of drug-likeness (QED) is 0.793. The van der Waals surface area contributed by atoms with E-state index in [1.807, 2.05) is 18.2 Å². The van der Waals surface area contributed by atoms with E-state index in [-0.39, 0.29) is 5.89 Å². The Labute approximate surface area is 122 Å². The molecule has 6 heteroatoms. The van der Waals surface area contributed by atoms with Gasteiger partial charge in [-0.2, -0.15) is 0 Å². The number of H-pyrrole nitrogens is 1. The number of ether oxygens (including phenoxy) is 2. The average Bonchev–Trinajstić information content (AvgIpc) is 2.91.